The lowest BCUT2D eigenvalue weighted by molar-refractivity contribution is 0.102. The van der Waals surface area contributed by atoms with Crippen LogP contribution in [0.25, 0.3) is 0 Å². The number of carbonyl (C=O) groups is 2. The Morgan fingerprint density at radius 2 is 0.800 bits per heavy atom. The van der Waals surface area contributed by atoms with E-state index in [0.717, 1.165) is 46.2 Å². The van der Waals surface area contributed by atoms with E-state index in [4.69, 9.17) is 0 Å². The fourth-order valence-corrected chi connectivity index (χ4v) is 5.76. The van der Waals surface area contributed by atoms with E-state index in [2.05, 4.69) is 41.8 Å². The standard InChI is InChI=1S/C14H9Br2NO.C14H11NO.8C2H6/c15-11-8-4-1-2-5-9(8)14(18)13-10(12(11)16)6-3-7-17-13;16-14-12-6-2-1-4-10(12)7-8-11-5-3-9-15-13(11)14;8*1-2/h1-7,11-12H;1-6,9H,7-8H2;8*1-2H3. The lowest BCUT2D eigenvalue weighted by Crippen LogP contribution is -2.06. The molecule has 6 rings (SSSR count). The van der Waals surface area contributed by atoms with Gasteiger partial charge in [-0.3, -0.25) is 19.6 Å². The third kappa shape index (κ3) is 15.9. The van der Waals surface area contributed by atoms with Gasteiger partial charge in [0.05, 0.1) is 9.65 Å². The first-order valence-corrected chi connectivity index (χ1v) is 20.8. The van der Waals surface area contributed by atoms with Gasteiger partial charge in [0.25, 0.3) is 0 Å². The van der Waals surface area contributed by atoms with E-state index in [1.807, 2.05) is 184 Å². The predicted molar refractivity (Wildman–Crippen MR) is 230 cm³/mol. The Bertz CT molecular complexity index is 1300. The molecule has 4 nitrogen and oxygen atoms in total. The number of carbonyl (C=O) groups excluding carboxylic acids is 2. The average Bonchev–Trinajstić information content (AvgIpc) is 3.43. The molecule has 0 fully saturated rings. The highest BCUT2D eigenvalue weighted by Crippen LogP contribution is 2.46. The van der Waals surface area contributed by atoms with E-state index in [1.54, 1.807) is 12.4 Å². The molecule has 2 aliphatic carbocycles. The van der Waals surface area contributed by atoms with Crippen LogP contribution in [-0.4, -0.2) is 21.5 Å². The molecule has 4 aromatic rings. The van der Waals surface area contributed by atoms with Crippen LogP contribution in [0.1, 0.15) is 175 Å². The minimum Gasteiger partial charge on any atom is -0.287 e. The number of aromatic nitrogens is 2. The summed E-state index contributed by atoms with van der Waals surface area (Å²) < 4.78 is 0. The Morgan fingerprint density at radius 3 is 1.36 bits per heavy atom. The number of benzene rings is 2. The Morgan fingerprint density at radius 1 is 0.440 bits per heavy atom. The molecule has 2 unspecified atom stereocenters. The lowest BCUT2D eigenvalue weighted by atomic mass is 10.0. The molecular formula is C44H68Br2N2O2. The summed E-state index contributed by atoms with van der Waals surface area (Å²) in [6.45, 7) is 32.0. The van der Waals surface area contributed by atoms with Gasteiger partial charge in [0.2, 0.25) is 11.6 Å². The van der Waals surface area contributed by atoms with Gasteiger partial charge < -0.3 is 0 Å². The molecule has 0 saturated heterocycles. The van der Waals surface area contributed by atoms with Crippen molar-refractivity contribution in [2.75, 3.05) is 0 Å². The summed E-state index contributed by atoms with van der Waals surface area (Å²) in [5, 5.41) is 0. The van der Waals surface area contributed by atoms with Gasteiger partial charge in [0, 0.05) is 23.5 Å². The van der Waals surface area contributed by atoms with Crippen LogP contribution in [0, 0.1) is 0 Å². The topological polar surface area (TPSA) is 59.9 Å². The van der Waals surface area contributed by atoms with Crippen LogP contribution in [0.3, 0.4) is 0 Å². The number of hydrogen-bond acceptors (Lipinski definition) is 4. The lowest BCUT2D eigenvalue weighted by Gasteiger charge is -2.16. The second kappa shape index (κ2) is 35.9. The molecule has 2 aliphatic rings. The number of halogens is 2. The van der Waals surface area contributed by atoms with Crippen molar-refractivity contribution in [1.29, 1.82) is 0 Å². The smallest absolute Gasteiger partial charge is 0.211 e. The zero-order chi connectivity index (χ0) is 39.7. The molecule has 0 saturated carbocycles. The van der Waals surface area contributed by atoms with Gasteiger partial charge >= 0.3 is 0 Å². The molecule has 0 spiro atoms. The van der Waals surface area contributed by atoms with Gasteiger partial charge in [0.1, 0.15) is 11.4 Å². The zero-order valence-electron chi connectivity index (χ0n) is 34.1. The Kier molecular flexibility index (Phi) is 38.6. The summed E-state index contributed by atoms with van der Waals surface area (Å²) in [5.41, 5.74) is 6.81. The Balaban J connectivity index is -0.000000304. The summed E-state index contributed by atoms with van der Waals surface area (Å²) in [6, 6.07) is 23.2. The zero-order valence-corrected chi connectivity index (χ0v) is 37.3. The van der Waals surface area contributed by atoms with Crippen molar-refractivity contribution in [2.45, 2.75) is 133 Å². The molecule has 0 aliphatic heterocycles. The molecule has 2 atom stereocenters. The van der Waals surface area contributed by atoms with E-state index < -0.39 is 0 Å². The summed E-state index contributed by atoms with van der Waals surface area (Å²) in [4.78, 5) is 33.3. The van der Waals surface area contributed by atoms with Crippen LogP contribution in [-0.2, 0) is 12.8 Å². The first-order chi connectivity index (χ1) is 24.6. The number of fused-ring (bicyclic) bond motifs is 4. The predicted octanol–water partition coefficient (Wildman–Crippen LogP) is 14.8. The van der Waals surface area contributed by atoms with Crippen molar-refractivity contribution in [3.05, 3.63) is 130 Å². The number of pyridine rings is 2. The van der Waals surface area contributed by atoms with Gasteiger partial charge in [-0.1, -0.05) is 203 Å². The third-order valence-corrected chi connectivity index (χ3v) is 8.90. The van der Waals surface area contributed by atoms with Gasteiger partial charge in [-0.05, 0) is 47.2 Å². The molecule has 0 bridgehead atoms. The number of ketones is 2. The summed E-state index contributed by atoms with van der Waals surface area (Å²) in [7, 11) is 0. The molecule has 2 heterocycles. The molecule has 2 aromatic carbocycles. The van der Waals surface area contributed by atoms with Crippen LogP contribution in [0.15, 0.2) is 85.2 Å². The molecule has 2 aromatic heterocycles. The second-order valence-corrected chi connectivity index (χ2v) is 10.1. The largest absolute Gasteiger partial charge is 0.287 e. The summed E-state index contributed by atoms with van der Waals surface area (Å²) in [6.07, 6.45) is 5.16. The first kappa shape index (κ1) is 53.8. The highest BCUT2D eigenvalue weighted by atomic mass is 79.9. The van der Waals surface area contributed by atoms with E-state index >= 15 is 0 Å². The third-order valence-electron chi connectivity index (χ3n) is 6.14. The average molecular weight is 817 g/mol. The maximum absolute atomic E-state index is 12.5. The van der Waals surface area contributed by atoms with E-state index in [-0.39, 0.29) is 21.2 Å². The van der Waals surface area contributed by atoms with Gasteiger partial charge in [-0.2, -0.15) is 0 Å². The van der Waals surface area contributed by atoms with Gasteiger partial charge in [0.15, 0.2) is 0 Å². The Labute approximate surface area is 324 Å². The maximum atomic E-state index is 12.5. The van der Waals surface area contributed by atoms with E-state index in [1.165, 1.54) is 0 Å². The Hall–Kier alpha value is -2.96. The van der Waals surface area contributed by atoms with Crippen molar-refractivity contribution in [1.82, 2.24) is 9.97 Å². The molecule has 0 amide bonds. The van der Waals surface area contributed by atoms with Crippen molar-refractivity contribution in [2.24, 2.45) is 0 Å². The highest BCUT2D eigenvalue weighted by Gasteiger charge is 2.32. The fraction of sp³-hybridized carbons (Fsp3) is 0.455. The SMILES string of the molecule is CC.CC.CC.CC.CC.CC.CC.CC.O=C1c2ccccc2C(Br)C(Br)c2cccnc21.O=C1c2ccccc2CCc2cccnc21. The fourth-order valence-electron chi connectivity index (χ4n) is 4.42. The van der Waals surface area contributed by atoms with E-state index in [9.17, 15) is 9.59 Å². The van der Waals surface area contributed by atoms with Crippen molar-refractivity contribution in [3.8, 4) is 0 Å². The minimum absolute atomic E-state index is 0.00685. The molecule has 6 heteroatoms. The van der Waals surface area contributed by atoms with Gasteiger partial charge in [-0.15, -0.1) is 0 Å². The number of hydrogen-bond donors (Lipinski definition) is 0. The molecule has 0 N–H and O–H groups in total. The number of nitrogens with zero attached hydrogens (tertiary/aromatic N) is 2. The normalized spacial score (nSPS) is 13.3. The second-order valence-electron chi connectivity index (χ2n) is 8.16. The van der Waals surface area contributed by atoms with Crippen molar-refractivity contribution < 1.29 is 9.59 Å². The molecule has 280 valence electrons. The maximum Gasteiger partial charge on any atom is 0.211 e. The quantitative estimate of drug-likeness (QED) is 0.166. The highest BCUT2D eigenvalue weighted by molar-refractivity contribution is 9.12. The van der Waals surface area contributed by atoms with Crippen LogP contribution in [0.2, 0.25) is 0 Å². The monoisotopic (exact) mass is 814 g/mol. The first-order valence-electron chi connectivity index (χ1n) is 19.0. The van der Waals surface area contributed by atoms with Crippen molar-refractivity contribution in [3.63, 3.8) is 0 Å². The van der Waals surface area contributed by atoms with E-state index in [0.29, 0.717) is 11.4 Å². The minimum atomic E-state index is -0.00685. The van der Waals surface area contributed by atoms with Crippen LogP contribution in [0.4, 0.5) is 0 Å². The van der Waals surface area contributed by atoms with Crippen LogP contribution < -0.4 is 0 Å². The number of rotatable bonds is 0. The van der Waals surface area contributed by atoms with Crippen LogP contribution in [0.5, 0.6) is 0 Å². The summed E-state index contributed by atoms with van der Waals surface area (Å²) >= 11 is 7.33. The van der Waals surface area contributed by atoms with Crippen LogP contribution >= 0.6 is 31.9 Å². The molecule has 0 radical (unpaired) electrons. The van der Waals surface area contributed by atoms with Crippen molar-refractivity contribution >= 4 is 43.4 Å². The number of aryl methyl sites for hydroxylation is 2. The summed E-state index contributed by atoms with van der Waals surface area (Å²) in [5.74, 6) is 0.0521. The number of alkyl halides is 2. The van der Waals surface area contributed by atoms with Gasteiger partial charge in [-0.25, -0.2) is 0 Å². The molecule has 50 heavy (non-hydrogen) atoms. The molecular weight excluding hydrogens is 748 g/mol.